The van der Waals surface area contributed by atoms with Gasteiger partial charge in [0.2, 0.25) is 0 Å². The van der Waals surface area contributed by atoms with E-state index in [1.165, 1.54) is 5.56 Å². The number of nitrogens with one attached hydrogen (secondary N) is 1. The van der Waals surface area contributed by atoms with E-state index in [9.17, 15) is 13.2 Å². The van der Waals surface area contributed by atoms with E-state index >= 15 is 0 Å². The number of sulfonamides is 1. The number of benzene rings is 2. The molecule has 6 nitrogen and oxygen atoms in total. The molecule has 0 bridgehead atoms. The Bertz CT molecular complexity index is 897. The first-order valence-corrected chi connectivity index (χ1v) is 10.6. The van der Waals surface area contributed by atoms with Crippen LogP contribution >= 0.6 is 0 Å². The van der Waals surface area contributed by atoms with Crippen LogP contribution < -0.4 is 4.72 Å². The van der Waals surface area contributed by atoms with Crippen molar-refractivity contribution in [3.05, 3.63) is 59.7 Å². The van der Waals surface area contributed by atoms with E-state index in [-0.39, 0.29) is 11.3 Å². The number of anilines is 1. The fraction of sp³-hybridized carbons (Fsp3) is 0.350. The van der Waals surface area contributed by atoms with Gasteiger partial charge in [0.25, 0.3) is 10.0 Å². The van der Waals surface area contributed by atoms with Crippen LogP contribution in [0.4, 0.5) is 5.69 Å². The molecular formula is C20H24N2O4S. The Kier molecular flexibility index (Phi) is 6.13. The highest BCUT2D eigenvalue weighted by Gasteiger charge is 2.20. The van der Waals surface area contributed by atoms with E-state index in [0.29, 0.717) is 18.7 Å². The molecule has 0 atom stereocenters. The fourth-order valence-electron chi connectivity index (χ4n) is 3.28. The monoisotopic (exact) mass is 388 g/mol. The van der Waals surface area contributed by atoms with E-state index in [0.717, 1.165) is 31.5 Å². The number of carboxylic acid groups (broad SMARTS) is 1. The fourth-order valence-corrected chi connectivity index (χ4v) is 4.39. The predicted molar refractivity (Wildman–Crippen MR) is 104 cm³/mol. The van der Waals surface area contributed by atoms with Crippen LogP contribution in [0.1, 0.15) is 30.4 Å². The number of carboxylic acids is 1. The second-order valence-corrected chi connectivity index (χ2v) is 8.46. The van der Waals surface area contributed by atoms with Gasteiger partial charge in [0.05, 0.1) is 4.90 Å². The summed E-state index contributed by atoms with van der Waals surface area (Å²) in [6, 6.07) is 14.2. The van der Waals surface area contributed by atoms with Crippen LogP contribution in [0.3, 0.4) is 0 Å². The van der Waals surface area contributed by atoms with Gasteiger partial charge in [-0.2, -0.15) is 0 Å². The maximum Gasteiger partial charge on any atom is 0.303 e. The predicted octanol–water partition coefficient (Wildman–Crippen LogP) is 3.10. The second kappa shape index (κ2) is 8.54. The van der Waals surface area contributed by atoms with Gasteiger partial charge in [0.1, 0.15) is 0 Å². The molecule has 0 radical (unpaired) electrons. The summed E-state index contributed by atoms with van der Waals surface area (Å²) in [4.78, 5) is 13.1. The Hall–Kier alpha value is -2.38. The second-order valence-electron chi connectivity index (χ2n) is 6.78. The molecule has 0 amide bonds. The van der Waals surface area contributed by atoms with Crippen molar-refractivity contribution in [1.82, 2.24) is 4.90 Å². The average Bonchev–Trinajstić information content (AvgIpc) is 2.65. The molecule has 0 saturated heterocycles. The van der Waals surface area contributed by atoms with Crippen molar-refractivity contribution < 1.29 is 18.3 Å². The molecule has 3 rings (SSSR count). The van der Waals surface area contributed by atoms with Gasteiger partial charge < -0.3 is 5.11 Å². The molecule has 144 valence electrons. The number of rotatable bonds is 8. The van der Waals surface area contributed by atoms with Gasteiger partial charge in [-0.3, -0.25) is 14.4 Å². The third-order valence-electron chi connectivity index (χ3n) is 4.72. The van der Waals surface area contributed by atoms with Crippen molar-refractivity contribution in [2.75, 3.05) is 17.8 Å². The normalized spacial score (nSPS) is 14.5. The molecule has 27 heavy (non-hydrogen) atoms. The highest BCUT2D eigenvalue weighted by Crippen LogP contribution is 2.24. The summed E-state index contributed by atoms with van der Waals surface area (Å²) in [5.41, 5.74) is 2.74. The highest BCUT2D eigenvalue weighted by atomic mass is 32.2. The molecule has 7 heteroatoms. The molecule has 0 unspecified atom stereocenters. The Labute approximate surface area is 159 Å². The summed E-state index contributed by atoms with van der Waals surface area (Å²) in [5.74, 6) is -0.764. The minimum atomic E-state index is -3.63. The lowest BCUT2D eigenvalue weighted by Gasteiger charge is -2.29. The Morgan fingerprint density at radius 1 is 1.07 bits per heavy atom. The molecule has 0 saturated carbocycles. The maximum atomic E-state index is 12.7. The summed E-state index contributed by atoms with van der Waals surface area (Å²) in [7, 11) is -3.63. The lowest BCUT2D eigenvalue weighted by molar-refractivity contribution is -0.137. The molecular weight excluding hydrogens is 364 g/mol. The SMILES string of the molecule is O=C(O)CCCCN1CCc2ccc(S(=O)(=O)Nc3ccccc3)cc2C1. The number of carbonyl (C=O) groups is 1. The third-order valence-corrected chi connectivity index (χ3v) is 6.10. The molecule has 1 aliphatic rings. The maximum absolute atomic E-state index is 12.7. The molecule has 1 aliphatic heterocycles. The van der Waals surface area contributed by atoms with Crippen LogP contribution in [0.5, 0.6) is 0 Å². The number of hydrogen-bond acceptors (Lipinski definition) is 4. The van der Waals surface area contributed by atoms with Crippen molar-refractivity contribution in [2.24, 2.45) is 0 Å². The molecule has 0 aromatic heterocycles. The summed E-state index contributed by atoms with van der Waals surface area (Å²) in [5, 5.41) is 8.72. The Morgan fingerprint density at radius 2 is 1.85 bits per heavy atom. The zero-order valence-electron chi connectivity index (χ0n) is 15.1. The first kappa shape index (κ1) is 19.4. The number of unbranched alkanes of at least 4 members (excludes halogenated alkanes) is 1. The molecule has 1 heterocycles. The standard InChI is InChI=1S/C20H24N2O4S/c23-20(24)8-4-5-12-22-13-11-16-9-10-19(14-17(16)15-22)27(25,26)21-18-6-2-1-3-7-18/h1-3,6-7,9-10,14,21H,4-5,8,11-13,15H2,(H,23,24). The van der Waals surface area contributed by atoms with E-state index in [4.69, 9.17) is 5.11 Å². The smallest absolute Gasteiger partial charge is 0.303 e. The number of aliphatic carboxylic acids is 1. The lowest BCUT2D eigenvalue weighted by atomic mass is 9.99. The van der Waals surface area contributed by atoms with Crippen molar-refractivity contribution in [1.29, 1.82) is 0 Å². The van der Waals surface area contributed by atoms with E-state index in [1.54, 1.807) is 36.4 Å². The Balaban J connectivity index is 1.67. The quantitative estimate of drug-likeness (QED) is 0.679. The van der Waals surface area contributed by atoms with Gasteiger partial charge >= 0.3 is 5.97 Å². The van der Waals surface area contributed by atoms with Crippen LogP contribution in [-0.2, 0) is 27.8 Å². The van der Waals surface area contributed by atoms with Gasteiger partial charge in [-0.15, -0.1) is 0 Å². The number of para-hydroxylation sites is 1. The van der Waals surface area contributed by atoms with Gasteiger partial charge in [-0.25, -0.2) is 8.42 Å². The molecule has 0 aliphatic carbocycles. The molecule has 2 aromatic carbocycles. The van der Waals surface area contributed by atoms with Crippen LogP contribution in [-0.4, -0.2) is 37.5 Å². The number of hydrogen-bond donors (Lipinski definition) is 2. The highest BCUT2D eigenvalue weighted by molar-refractivity contribution is 7.92. The van der Waals surface area contributed by atoms with Crippen molar-refractivity contribution in [2.45, 2.75) is 37.1 Å². The van der Waals surface area contributed by atoms with Gasteiger partial charge in [0, 0.05) is 25.2 Å². The Morgan fingerprint density at radius 3 is 2.59 bits per heavy atom. The van der Waals surface area contributed by atoms with E-state index in [1.807, 2.05) is 12.1 Å². The molecule has 0 spiro atoms. The first-order chi connectivity index (χ1) is 12.9. The first-order valence-electron chi connectivity index (χ1n) is 9.08. The van der Waals surface area contributed by atoms with Crippen LogP contribution in [0.2, 0.25) is 0 Å². The zero-order valence-corrected chi connectivity index (χ0v) is 15.9. The third kappa shape index (κ3) is 5.30. The summed E-state index contributed by atoms with van der Waals surface area (Å²) >= 11 is 0. The summed E-state index contributed by atoms with van der Waals surface area (Å²) in [6.45, 7) is 2.43. The molecule has 2 N–H and O–H groups in total. The van der Waals surface area contributed by atoms with Crippen LogP contribution in [0.25, 0.3) is 0 Å². The van der Waals surface area contributed by atoms with Crippen molar-refractivity contribution in [3.63, 3.8) is 0 Å². The molecule has 2 aromatic rings. The van der Waals surface area contributed by atoms with Crippen LogP contribution in [0, 0.1) is 0 Å². The lowest BCUT2D eigenvalue weighted by Crippen LogP contribution is -2.31. The van der Waals surface area contributed by atoms with Crippen molar-refractivity contribution >= 4 is 21.7 Å². The minimum Gasteiger partial charge on any atom is -0.481 e. The minimum absolute atomic E-state index is 0.192. The van der Waals surface area contributed by atoms with Crippen LogP contribution in [0.15, 0.2) is 53.4 Å². The largest absolute Gasteiger partial charge is 0.481 e. The summed E-state index contributed by atoms with van der Waals surface area (Å²) < 4.78 is 27.9. The average molecular weight is 388 g/mol. The van der Waals surface area contributed by atoms with E-state index < -0.39 is 16.0 Å². The van der Waals surface area contributed by atoms with Gasteiger partial charge in [-0.1, -0.05) is 24.3 Å². The summed E-state index contributed by atoms with van der Waals surface area (Å²) in [6.07, 6.45) is 2.56. The van der Waals surface area contributed by atoms with E-state index in [2.05, 4.69) is 9.62 Å². The topological polar surface area (TPSA) is 86.7 Å². The number of fused-ring (bicyclic) bond motifs is 1. The van der Waals surface area contributed by atoms with Gasteiger partial charge in [-0.05, 0) is 61.2 Å². The zero-order chi connectivity index (χ0) is 19.3. The number of nitrogens with zero attached hydrogens (tertiary/aromatic N) is 1. The van der Waals surface area contributed by atoms with Gasteiger partial charge in [0.15, 0.2) is 0 Å². The molecule has 0 fully saturated rings. The van der Waals surface area contributed by atoms with Crippen molar-refractivity contribution in [3.8, 4) is 0 Å².